The largest absolute Gasteiger partial charge is 0.497 e. The highest BCUT2D eigenvalue weighted by Gasteiger charge is 2.33. The first-order chi connectivity index (χ1) is 14.4. The van der Waals surface area contributed by atoms with Crippen LogP contribution in [0.2, 0.25) is 0 Å². The van der Waals surface area contributed by atoms with Crippen LogP contribution in [0.5, 0.6) is 11.5 Å². The fourth-order valence-electron chi connectivity index (χ4n) is 3.52. The van der Waals surface area contributed by atoms with Gasteiger partial charge in [0.1, 0.15) is 11.5 Å². The zero-order chi connectivity index (χ0) is 21.6. The second-order valence-electron chi connectivity index (χ2n) is 7.18. The fourth-order valence-corrected chi connectivity index (χ4v) is 5.04. The van der Waals surface area contributed by atoms with Crippen LogP contribution in [-0.4, -0.2) is 45.4 Å². The molecule has 8 heteroatoms. The highest BCUT2D eigenvalue weighted by molar-refractivity contribution is 7.89. The number of nitrogens with one attached hydrogen (secondary N) is 1. The van der Waals surface area contributed by atoms with Gasteiger partial charge in [0.05, 0.1) is 24.5 Å². The molecule has 0 aromatic heterocycles. The van der Waals surface area contributed by atoms with Gasteiger partial charge in [0, 0.05) is 19.6 Å². The molecule has 1 heterocycles. The lowest BCUT2D eigenvalue weighted by molar-refractivity contribution is -0.126. The molecule has 7 nitrogen and oxygen atoms in total. The van der Waals surface area contributed by atoms with Crippen molar-refractivity contribution < 1.29 is 22.7 Å². The minimum Gasteiger partial charge on any atom is -0.497 e. The Bertz CT molecular complexity index is 960. The van der Waals surface area contributed by atoms with E-state index in [1.165, 1.54) is 23.5 Å². The second-order valence-corrected chi connectivity index (χ2v) is 9.11. The SMILES string of the molecule is CCOc1cccc(CNC(=O)C2CCCN(S(=O)(=O)c3ccc(OC)cc3)C2)c1. The minimum absolute atomic E-state index is 0.133. The Morgan fingerprint density at radius 3 is 2.63 bits per heavy atom. The molecule has 1 aliphatic heterocycles. The van der Waals surface area contributed by atoms with Crippen molar-refractivity contribution in [2.45, 2.75) is 31.2 Å². The second kappa shape index (κ2) is 9.95. The molecule has 162 valence electrons. The summed E-state index contributed by atoms with van der Waals surface area (Å²) < 4.78 is 37.9. The maximum atomic E-state index is 13.0. The van der Waals surface area contributed by atoms with Crippen LogP contribution in [0, 0.1) is 5.92 Å². The minimum atomic E-state index is -3.65. The molecule has 2 aromatic carbocycles. The highest BCUT2D eigenvalue weighted by atomic mass is 32.2. The van der Waals surface area contributed by atoms with E-state index in [1.54, 1.807) is 12.1 Å². The van der Waals surface area contributed by atoms with Crippen molar-refractivity contribution in [1.29, 1.82) is 0 Å². The van der Waals surface area contributed by atoms with Crippen LogP contribution in [0.4, 0.5) is 0 Å². The lowest BCUT2D eigenvalue weighted by Gasteiger charge is -2.31. The third-order valence-electron chi connectivity index (χ3n) is 5.13. The molecule has 1 aliphatic rings. The molecule has 0 aliphatic carbocycles. The van der Waals surface area contributed by atoms with Crippen LogP contribution in [0.15, 0.2) is 53.4 Å². The lowest BCUT2D eigenvalue weighted by atomic mass is 9.99. The summed E-state index contributed by atoms with van der Waals surface area (Å²) >= 11 is 0. The fraction of sp³-hybridized carbons (Fsp3) is 0.409. The number of benzene rings is 2. The molecule has 1 atom stereocenters. The Hall–Kier alpha value is -2.58. The third-order valence-corrected chi connectivity index (χ3v) is 7.01. The Labute approximate surface area is 178 Å². The van der Waals surface area contributed by atoms with Gasteiger partial charge in [-0.1, -0.05) is 12.1 Å². The summed E-state index contributed by atoms with van der Waals surface area (Å²) in [6, 6.07) is 13.9. The Balaban J connectivity index is 1.62. The van der Waals surface area contributed by atoms with Gasteiger partial charge < -0.3 is 14.8 Å². The summed E-state index contributed by atoms with van der Waals surface area (Å²) in [5, 5.41) is 2.93. The van der Waals surface area contributed by atoms with Crippen molar-refractivity contribution in [2.75, 3.05) is 26.8 Å². The predicted molar refractivity (Wildman–Crippen MR) is 114 cm³/mol. The zero-order valence-electron chi connectivity index (χ0n) is 17.3. The molecule has 0 bridgehead atoms. The zero-order valence-corrected chi connectivity index (χ0v) is 18.2. The maximum absolute atomic E-state index is 13.0. The van der Waals surface area contributed by atoms with Gasteiger partial charge in [-0.05, 0) is 61.7 Å². The highest BCUT2D eigenvalue weighted by Crippen LogP contribution is 2.25. The normalized spacial score (nSPS) is 17.3. The maximum Gasteiger partial charge on any atom is 0.243 e. The predicted octanol–water partition coefficient (Wildman–Crippen LogP) is 2.81. The van der Waals surface area contributed by atoms with E-state index in [-0.39, 0.29) is 23.3 Å². The summed E-state index contributed by atoms with van der Waals surface area (Å²) in [5.41, 5.74) is 0.938. The number of piperidine rings is 1. The van der Waals surface area contributed by atoms with Crippen molar-refractivity contribution in [3.05, 3.63) is 54.1 Å². The van der Waals surface area contributed by atoms with E-state index in [0.29, 0.717) is 38.3 Å². The van der Waals surface area contributed by atoms with Gasteiger partial charge in [-0.2, -0.15) is 4.31 Å². The number of nitrogens with zero attached hydrogens (tertiary/aromatic N) is 1. The van der Waals surface area contributed by atoms with Crippen LogP contribution in [0.25, 0.3) is 0 Å². The Morgan fingerprint density at radius 1 is 1.17 bits per heavy atom. The molecular weight excluding hydrogens is 404 g/mol. The molecule has 0 spiro atoms. The number of carbonyl (C=O) groups excluding carboxylic acids is 1. The summed E-state index contributed by atoms with van der Waals surface area (Å²) in [4.78, 5) is 12.9. The van der Waals surface area contributed by atoms with Crippen molar-refractivity contribution in [3.8, 4) is 11.5 Å². The first-order valence-corrected chi connectivity index (χ1v) is 11.5. The van der Waals surface area contributed by atoms with Crippen molar-refractivity contribution in [1.82, 2.24) is 9.62 Å². The monoisotopic (exact) mass is 432 g/mol. The molecule has 1 fully saturated rings. The molecule has 3 rings (SSSR count). The number of methoxy groups -OCH3 is 1. The van der Waals surface area contributed by atoms with Gasteiger partial charge in [-0.3, -0.25) is 4.79 Å². The van der Waals surface area contributed by atoms with Crippen LogP contribution in [0.3, 0.4) is 0 Å². The van der Waals surface area contributed by atoms with E-state index in [4.69, 9.17) is 9.47 Å². The number of ether oxygens (including phenoxy) is 2. The number of carbonyl (C=O) groups is 1. The van der Waals surface area contributed by atoms with E-state index >= 15 is 0 Å². The standard InChI is InChI=1S/C22H28N2O5S/c1-3-29-20-8-4-6-17(14-20)15-23-22(25)18-7-5-13-24(16-18)30(26,27)21-11-9-19(28-2)10-12-21/h4,6,8-12,14,18H,3,5,7,13,15-16H2,1-2H3,(H,23,25). The van der Waals surface area contributed by atoms with Crippen molar-refractivity contribution in [3.63, 3.8) is 0 Å². The van der Waals surface area contributed by atoms with E-state index in [1.807, 2.05) is 31.2 Å². The number of hydrogen-bond donors (Lipinski definition) is 1. The van der Waals surface area contributed by atoms with Gasteiger partial charge in [0.25, 0.3) is 0 Å². The molecule has 0 radical (unpaired) electrons. The van der Waals surface area contributed by atoms with E-state index in [0.717, 1.165) is 11.3 Å². The van der Waals surface area contributed by atoms with Crippen LogP contribution < -0.4 is 14.8 Å². The summed E-state index contributed by atoms with van der Waals surface area (Å²) in [5.74, 6) is 0.852. The Kier molecular flexibility index (Phi) is 7.33. The van der Waals surface area contributed by atoms with Crippen LogP contribution in [-0.2, 0) is 21.4 Å². The van der Waals surface area contributed by atoms with Gasteiger partial charge >= 0.3 is 0 Å². The third kappa shape index (κ3) is 5.31. The molecule has 1 amide bonds. The van der Waals surface area contributed by atoms with E-state index in [2.05, 4.69) is 5.32 Å². The first kappa shape index (κ1) is 22.1. The van der Waals surface area contributed by atoms with Crippen molar-refractivity contribution >= 4 is 15.9 Å². The molecular formula is C22H28N2O5S. The topological polar surface area (TPSA) is 84.9 Å². The molecule has 1 saturated heterocycles. The summed E-state index contributed by atoms with van der Waals surface area (Å²) in [6.45, 7) is 3.47. The number of sulfonamides is 1. The average molecular weight is 433 g/mol. The quantitative estimate of drug-likeness (QED) is 0.693. The van der Waals surface area contributed by atoms with Crippen LogP contribution in [0.1, 0.15) is 25.3 Å². The van der Waals surface area contributed by atoms with E-state index < -0.39 is 10.0 Å². The van der Waals surface area contributed by atoms with E-state index in [9.17, 15) is 13.2 Å². The summed E-state index contributed by atoms with van der Waals surface area (Å²) in [7, 11) is -2.12. The first-order valence-electron chi connectivity index (χ1n) is 10.1. The van der Waals surface area contributed by atoms with Gasteiger partial charge in [-0.15, -0.1) is 0 Å². The molecule has 1 unspecified atom stereocenters. The average Bonchev–Trinajstić information content (AvgIpc) is 2.78. The summed E-state index contributed by atoms with van der Waals surface area (Å²) in [6.07, 6.45) is 1.31. The molecule has 1 N–H and O–H groups in total. The lowest BCUT2D eigenvalue weighted by Crippen LogP contribution is -2.45. The molecule has 30 heavy (non-hydrogen) atoms. The van der Waals surface area contributed by atoms with Gasteiger partial charge in [-0.25, -0.2) is 8.42 Å². The molecule has 0 saturated carbocycles. The molecule has 2 aromatic rings. The van der Waals surface area contributed by atoms with Gasteiger partial charge in [0.15, 0.2) is 0 Å². The number of hydrogen-bond acceptors (Lipinski definition) is 5. The van der Waals surface area contributed by atoms with Gasteiger partial charge in [0.2, 0.25) is 15.9 Å². The van der Waals surface area contributed by atoms with Crippen LogP contribution >= 0.6 is 0 Å². The number of rotatable bonds is 8. The smallest absolute Gasteiger partial charge is 0.243 e. The Morgan fingerprint density at radius 2 is 1.93 bits per heavy atom. The van der Waals surface area contributed by atoms with Crippen molar-refractivity contribution in [2.24, 2.45) is 5.92 Å². The number of amides is 1.